The van der Waals surface area contributed by atoms with Crippen LogP contribution >= 0.6 is 27.3 Å². The van der Waals surface area contributed by atoms with Gasteiger partial charge in [0.2, 0.25) is 0 Å². The van der Waals surface area contributed by atoms with Crippen molar-refractivity contribution in [3.63, 3.8) is 0 Å². The van der Waals surface area contributed by atoms with Gasteiger partial charge >= 0.3 is 0 Å². The number of likely N-dealkylation sites (N-methyl/N-ethyl adjacent to an activating group) is 1. The summed E-state index contributed by atoms with van der Waals surface area (Å²) in [4.78, 5) is 3.44. The van der Waals surface area contributed by atoms with E-state index in [4.69, 9.17) is 0 Å². The topological polar surface area (TPSA) is 33.1 Å². The zero-order valence-electron chi connectivity index (χ0n) is 10.6. The van der Waals surface area contributed by atoms with E-state index in [9.17, 15) is 0 Å². The van der Waals surface area contributed by atoms with Gasteiger partial charge in [-0.1, -0.05) is 0 Å². The lowest BCUT2D eigenvalue weighted by Crippen LogP contribution is -2.18. The van der Waals surface area contributed by atoms with Gasteiger partial charge in [0.25, 0.3) is 0 Å². The first kappa shape index (κ1) is 13.6. The van der Waals surface area contributed by atoms with Gasteiger partial charge in [0.15, 0.2) is 0 Å². The summed E-state index contributed by atoms with van der Waals surface area (Å²) in [6.45, 7) is 2.72. The van der Waals surface area contributed by atoms with Crippen LogP contribution in [0.25, 0.3) is 0 Å². The van der Waals surface area contributed by atoms with E-state index in [0.29, 0.717) is 0 Å². The van der Waals surface area contributed by atoms with Crippen molar-refractivity contribution in [3.8, 4) is 0 Å². The molecule has 0 fully saturated rings. The Hall–Kier alpha value is -0.850. The van der Waals surface area contributed by atoms with Crippen molar-refractivity contribution >= 4 is 33.1 Å². The Balaban J connectivity index is 1.85. The van der Waals surface area contributed by atoms with E-state index < -0.39 is 0 Å². The second-order valence-corrected chi connectivity index (χ2v) is 6.17. The minimum Gasteiger partial charge on any atom is -0.364 e. The van der Waals surface area contributed by atoms with Crippen LogP contribution in [0.3, 0.4) is 0 Å². The Morgan fingerprint density at radius 3 is 2.94 bits per heavy atom. The van der Waals surface area contributed by atoms with Crippen molar-refractivity contribution in [1.29, 1.82) is 0 Å². The molecule has 18 heavy (non-hydrogen) atoms. The SMILES string of the molecule is CN(C)CCn1ccc(NCc2sccc2Br)n1. The van der Waals surface area contributed by atoms with Gasteiger partial charge in [-0.3, -0.25) is 4.68 Å². The third-order valence-electron chi connectivity index (χ3n) is 2.54. The fourth-order valence-electron chi connectivity index (χ4n) is 1.51. The van der Waals surface area contributed by atoms with Crippen molar-refractivity contribution in [3.05, 3.63) is 33.1 Å². The number of hydrogen-bond acceptors (Lipinski definition) is 4. The molecule has 0 saturated heterocycles. The summed E-state index contributed by atoms with van der Waals surface area (Å²) in [5, 5.41) is 9.89. The number of halogens is 1. The number of anilines is 1. The Labute approximate surface area is 120 Å². The molecule has 0 aliphatic carbocycles. The van der Waals surface area contributed by atoms with Crippen LogP contribution in [0.4, 0.5) is 5.82 Å². The third kappa shape index (κ3) is 3.83. The number of thiophene rings is 1. The lowest BCUT2D eigenvalue weighted by atomic mass is 10.4. The monoisotopic (exact) mass is 328 g/mol. The zero-order valence-corrected chi connectivity index (χ0v) is 13.0. The van der Waals surface area contributed by atoms with E-state index in [0.717, 1.165) is 29.9 Å². The molecule has 0 atom stereocenters. The summed E-state index contributed by atoms with van der Waals surface area (Å²) < 4.78 is 3.12. The number of aromatic nitrogens is 2. The maximum absolute atomic E-state index is 4.48. The van der Waals surface area contributed by atoms with Crippen LogP contribution < -0.4 is 5.32 Å². The smallest absolute Gasteiger partial charge is 0.148 e. The molecular formula is C12H17BrN4S. The Kier molecular flexibility index (Phi) is 4.79. The van der Waals surface area contributed by atoms with Crippen LogP contribution in [-0.4, -0.2) is 35.3 Å². The van der Waals surface area contributed by atoms with Crippen molar-refractivity contribution in [2.75, 3.05) is 26.0 Å². The van der Waals surface area contributed by atoms with Crippen molar-refractivity contribution in [2.45, 2.75) is 13.1 Å². The van der Waals surface area contributed by atoms with E-state index in [1.54, 1.807) is 11.3 Å². The molecule has 0 spiro atoms. The molecule has 0 amide bonds. The van der Waals surface area contributed by atoms with E-state index in [2.05, 4.69) is 56.8 Å². The highest BCUT2D eigenvalue weighted by Gasteiger charge is 2.03. The molecule has 0 radical (unpaired) electrons. The van der Waals surface area contributed by atoms with Gasteiger partial charge in [0.1, 0.15) is 5.82 Å². The van der Waals surface area contributed by atoms with Gasteiger partial charge in [-0.05, 0) is 41.5 Å². The molecule has 0 aliphatic heterocycles. The summed E-state index contributed by atoms with van der Waals surface area (Å²) in [6.07, 6.45) is 2.01. The third-order valence-corrected chi connectivity index (χ3v) is 4.46. The summed E-state index contributed by atoms with van der Waals surface area (Å²) in [5.74, 6) is 0.925. The van der Waals surface area contributed by atoms with Crippen LogP contribution in [0.1, 0.15) is 4.88 Å². The van der Waals surface area contributed by atoms with Gasteiger partial charge in [-0.25, -0.2) is 0 Å². The van der Waals surface area contributed by atoms with E-state index in [-0.39, 0.29) is 0 Å². The maximum Gasteiger partial charge on any atom is 0.148 e. The Bertz CT molecular complexity index is 492. The highest BCUT2D eigenvalue weighted by Crippen LogP contribution is 2.23. The summed E-state index contributed by atoms with van der Waals surface area (Å²) in [5.41, 5.74) is 0. The van der Waals surface area contributed by atoms with Gasteiger partial charge in [0.05, 0.1) is 13.1 Å². The molecule has 6 heteroatoms. The molecule has 0 saturated carbocycles. The molecule has 0 unspecified atom stereocenters. The second kappa shape index (κ2) is 6.36. The van der Waals surface area contributed by atoms with Crippen molar-refractivity contribution in [1.82, 2.24) is 14.7 Å². The molecule has 2 rings (SSSR count). The van der Waals surface area contributed by atoms with Crippen LogP contribution in [0.2, 0.25) is 0 Å². The minimum atomic E-state index is 0.808. The first-order valence-electron chi connectivity index (χ1n) is 5.79. The first-order valence-corrected chi connectivity index (χ1v) is 7.46. The number of nitrogens with one attached hydrogen (secondary N) is 1. The molecule has 98 valence electrons. The molecule has 0 bridgehead atoms. The van der Waals surface area contributed by atoms with Crippen LogP contribution in [0.5, 0.6) is 0 Å². The van der Waals surface area contributed by atoms with E-state index in [1.165, 1.54) is 4.88 Å². The van der Waals surface area contributed by atoms with E-state index >= 15 is 0 Å². The first-order chi connectivity index (χ1) is 8.65. The van der Waals surface area contributed by atoms with Gasteiger partial charge in [-0.2, -0.15) is 5.10 Å². The predicted molar refractivity (Wildman–Crippen MR) is 80.1 cm³/mol. The molecule has 0 aromatic carbocycles. The highest BCUT2D eigenvalue weighted by atomic mass is 79.9. The molecule has 2 aromatic rings. The lowest BCUT2D eigenvalue weighted by molar-refractivity contribution is 0.373. The van der Waals surface area contributed by atoms with Gasteiger partial charge in [0, 0.05) is 28.2 Å². The normalized spacial score (nSPS) is 11.1. The average molecular weight is 329 g/mol. The average Bonchev–Trinajstić information content (AvgIpc) is 2.93. The standard InChI is InChI=1S/C12H17BrN4S/c1-16(2)6-7-17-5-3-12(15-17)14-9-11-10(13)4-8-18-11/h3-5,8H,6-7,9H2,1-2H3,(H,14,15). The predicted octanol–water partition coefficient (Wildman–Crippen LogP) is 2.88. The lowest BCUT2D eigenvalue weighted by Gasteiger charge is -2.08. The number of nitrogens with zero attached hydrogens (tertiary/aromatic N) is 3. The van der Waals surface area contributed by atoms with Crippen LogP contribution in [0, 0.1) is 0 Å². The molecule has 2 aromatic heterocycles. The fourth-order valence-corrected chi connectivity index (χ4v) is 2.94. The van der Waals surface area contributed by atoms with Crippen LogP contribution in [-0.2, 0) is 13.1 Å². The fraction of sp³-hybridized carbons (Fsp3) is 0.417. The molecule has 2 heterocycles. The quantitative estimate of drug-likeness (QED) is 0.885. The number of rotatable bonds is 6. The summed E-state index contributed by atoms with van der Waals surface area (Å²) in [6, 6.07) is 4.08. The van der Waals surface area contributed by atoms with Gasteiger partial charge < -0.3 is 10.2 Å². The van der Waals surface area contributed by atoms with Crippen molar-refractivity contribution < 1.29 is 0 Å². The molecule has 0 aliphatic rings. The van der Waals surface area contributed by atoms with E-state index in [1.807, 2.05) is 16.9 Å². The summed E-state index contributed by atoms with van der Waals surface area (Å²) in [7, 11) is 4.13. The Morgan fingerprint density at radius 1 is 1.44 bits per heavy atom. The minimum absolute atomic E-state index is 0.808. The molecule has 1 N–H and O–H groups in total. The second-order valence-electron chi connectivity index (χ2n) is 4.31. The maximum atomic E-state index is 4.48. The number of hydrogen-bond donors (Lipinski definition) is 1. The van der Waals surface area contributed by atoms with Crippen molar-refractivity contribution in [2.24, 2.45) is 0 Å². The largest absolute Gasteiger partial charge is 0.364 e. The zero-order chi connectivity index (χ0) is 13.0. The molecular weight excluding hydrogens is 312 g/mol. The van der Waals surface area contributed by atoms with Crippen LogP contribution in [0.15, 0.2) is 28.2 Å². The molecule has 4 nitrogen and oxygen atoms in total. The van der Waals surface area contributed by atoms with Gasteiger partial charge in [-0.15, -0.1) is 11.3 Å². The Morgan fingerprint density at radius 2 is 2.28 bits per heavy atom. The highest BCUT2D eigenvalue weighted by molar-refractivity contribution is 9.10. The summed E-state index contributed by atoms with van der Waals surface area (Å²) >= 11 is 5.26.